The number of allylic oxidation sites excluding steroid dienone is 4. The van der Waals surface area contributed by atoms with Crippen LogP contribution >= 0.6 is 11.6 Å². The smallest absolute Gasteiger partial charge is 0.306 e. The van der Waals surface area contributed by atoms with Gasteiger partial charge in [0, 0.05) is 35.5 Å². The molecule has 0 aliphatic heterocycles. The highest BCUT2D eigenvalue weighted by Gasteiger charge is 2.78. The van der Waals surface area contributed by atoms with Crippen molar-refractivity contribution in [1.82, 2.24) is 0 Å². The molecule has 38 heavy (non-hydrogen) atoms. The number of aliphatic hydroxyl groups excluding tert-OH is 1. The molecule has 7 nitrogen and oxygen atoms in total. The lowest BCUT2D eigenvalue weighted by atomic mass is 9.44. The number of halogens is 3. The molecule has 1 N–H and O–H groups in total. The molecule has 0 bridgehead atoms. The molecular weight excluding hydrogens is 522 g/mol. The van der Waals surface area contributed by atoms with E-state index in [0.29, 0.717) is 0 Å². The van der Waals surface area contributed by atoms with Gasteiger partial charge in [0.05, 0.1) is 11.1 Å². The molecule has 210 valence electrons. The molecule has 0 heterocycles. The van der Waals surface area contributed by atoms with Crippen LogP contribution in [0.1, 0.15) is 66.7 Å². The lowest BCUT2D eigenvalue weighted by Crippen LogP contribution is -2.71. The van der Waals surface area contributed by atoms with Crippen molar-refractivity contribution in [3.05, 3.63) is 22.8 Å². The number of hydrogen-bond acceptors (Lipinski definition) is 7. The number of fused-ring (bicyclic) bond motifs is 5. The molecular formula is C28H35ClF2O7. The zero-order chi connectivity index (χ0) is 28.4. The molecule has 3 saturated carbocycles. The summed E-state index contributed by atoms with van der Waals surface area (Å²) in [6.07, 6.45) is -1.54. The molecule has 0 spiro atoms. The maximum Gasteiger partial charge on any atom is 0.306 e. The lowest BCUT2D eigenvalue weighted by molar-refractivity contribution is -0.232. The topological polar surface area (TPSA) is 107 Å². The third kappa shape index (κ3) is 3.67. The van der Waals surface area contributed by atoms with Crippen molar-refractivity contribution in [3.8, 4) is 0 Å². The number of alkyl halides is 2. The van der Waals surface area contributed by atoms with Crippen molar-refractivity contribution in [1.29, 1.82) is 0 Å². The first-order valence-electron chi connectivity index (χ1n) is 13.2. The molecule has 0 amide bonds. The molecule has 4 aliphatic rings. The largest absolute Gasteiger partial charge is 0.457 e. The van der Waals surface area contributed by atoms with E-state index in [1.54, 1.807) is 27.7 Å². The minimum Gasteiger partial charge on any atom is -0.457 e. The van der Waals surface area contributed by atoms with Gasteiger partial charge in [-0.15, -0.1) is 0 Å². The van der Waals surface area contributed by atoms with Gasteiger partial charge < -0.3 is 14.6 Å². The third-order valence-corrected chi connectivity index (χ3v) is 10.2. The van der Waals surface area contributed by atoms with E-state index in [2.05, 4.69) is 0 Å². The summed E-state index contributed by atoms with van der Waals surface area (Å²) >= 11 is 6.11. The Morgan fingerprint density at radius 3 is 2.37 bits per heavy atom. The molecule has 0 saturated heterocycles. The van der Waals surface area contributed by atoms with Gasteiger partial charge in [-0.3, -0.25) is 19.2 Å². The Kier molecular flexibility index (Phi) is 7.22. The average Bonchev–Trinajstić information content (AvgIpc) is 3.07. The van der Waals surface area contributed by atoms with Crippen LogP contribution in [-0.4, -0.2) is 58.8 Å². The number of rotatable bonds is 6. The molecule has 10 heteroatoms. The van der Waals surface area contributed by atoms with E-state index in [4.69, 9.17) is 21.1 Å². The van der Waals surface area contributed by atoms with Crippen molar-refractivity contribution in [2.24, 2.45) is 28.6 Å². The highest BCUT2D eigenvalue weighted by Crippen LogP contribution is 2.72. The Morgan fingerprint density at radius 1 is 1.13 bits per heavy atom. The van der Waals surface area contributed by atoms with E-state index in [9.17, 15) is 24.3 Å². The van der Waals surface area contributed by atoms with Crippen LogP contribution in [0, 0.1) is 28.6 Å². The van der Waals surface area contributed by atoms with E-state index < -0.39 is 82.2 Å². The van der Waals surface area contributed by atoms with Gasteiger partial charge in [-0.1, -0.05) is 39.3 Å². The standard InChI is InChI=1S/C28H35ClF2O7/c1-6-23(35)37-13-22(34)28(38-24(36)7-2)14(3)8-15-16-9-19(30)17-10-20(32)18(29)11-25(17,4)27(16,31)21(33)12-26(15,28)5/h10-11,14-16,19,21,33H,6-9,12-13H2,1-5H3. The van der Waals surface area contributed by atoms with Crippen LogP contribution in [0.5, 0.6) is 0 Å². The zero-order valence-corrected chi connectivity index (χ0v) is 23.1. The second kappa shape index (κ2) is 9.51. The maximum atomic E-state index is 17.5. The van der Waals surface area contributed by atoms with Gasteiger partial charge in [-0.2, -0.15) is 0 Å². The molecule has 3 fully saturated rings. The molecule has 0 aromatic rings. The third-order valence-electron chi connectivity index (χ3n) is 9.86. The lowest BCUT2D eigenvalue weighted by Gasteiger charge is -2.63. The van der Waals surface area contributed by atoms with Gasteiger partial charge in [0.15, 0.2) is 23.7 Å². The van der Waals surface area contributed by atoms with Gasteiger partial charge >= 0.3 is 11.9 Å². The summed E-state index contributed by atoms with van der Waals surface area (Å²) in [5, 5.41) is 11.3. The molecule has 0 aromatic heterocycles. The second-order valence-electron chi connectivity index (χ2n) is 11.6. The number of esters is 2. The van der Waals surface area contributed by atoms with Crippen molar-refractivity contribution in [3.63, 3.8) is 0 Å². The van der Waals surface area contributed by atoms with E-state index in [0.717, 1.165) is 6.08 Å². The van der Waals surface area contributed by atoms with Gasteiger partial charge in [0.1, 0.15) is 6.17 Å². The molecule has 0 aromatic carbocycles. The normalized spacial score (nSPS) is 43.7. The van der Waals surface area contributed by atoms with Crippen LogP contribution in [0.2, 0.25) is 0 Å². The predicted molar refractivity (Wildman–Crippen MR) is 133 cm³/mol. The Bertz CT molecular complexity index is 1140. The number of aliphatic hydroxyl groups is 1. The summed E-state index contributed by atoms with van der Waals surface area (Å²) in [4.78, 5) is 50.6. The molecule has 4 aliphatic carbocycles. The van der Waals surface area contributed by atoms with Gasteiger partial charge in [-0.05, 0) is 49.8 Å². The van der Waals surface area contributed by atoms with Crippen molar-refractivity contribution in [2.45, 2.75) is 90.3 Å². The second-order valence-corrected chi connectivity index (χ2v) is 12.0. The van der Waals surface area contributed by atoms with Gasteiger partial charge in [0.2, 0.25) is 5.78 Å². The first kappa shape index (κ1) is 28.9. The maximum absolute atomic E-state index is 17.5. The number of hydrogen-bond donors (Lipinski definition) is 1. The SMILES string of the molecule is CCC(=O)OCC(=O)C1(OC(=O)CC)C(C)CC2C3CC(F)C4=CC(=O)C(Cl)=CC4(C)C3(F)C(O)CC21C. The number of carbonyl (C=O) groups is 4. The summed E-state index contributed by atoms with van der Waals surface area (Å²) in [5.41, 5.74) is -7.28. The number of Topliss-reactive ketones (excluding diaryl/α,β-unsaturated/α-hetero) is 1. The Morgan fingerprint density at radius 2 is 1.76 bits per heavy atom. The van der Waals surface area contributed by atoms with Gasteiger partial charge in [-0.25, -0.2) is 8.78 Å². The van der Waals surface area contributed by atoms with E-state index in [-0.39, 0.29) is 42.7 Å². The highest BCUT2D eigenvalue weighted by atomic mass is 35.5. The summed E-state index contributed by atoms with van der Waals surface area (Å²) in [6, 6.07) is 0. The fourth-order valence-electron chi connectivity index (χ4n) is 8.05. The van der Waals surface area contributed by atoms with Crippen LogP contribution in [0.4, 0.5) is 8.78 Å². The monoisotopic (exact) mass is 556 g/mol. The van der Waals surface area contributed by atoms with Crippen molar-refractivity contribution < 1.29 is 42.5 Å². The van der Waals surface area contributed by atoms with Crippen LogP contribution < -0.4 is 0 Å². The fraction of sp³-hybridized carbons (Fsp3) is 0.714. The van der Waals surface area contributed by atoms with Crippen LogP contribution in [0.3, 0.4) is 0 Å². The summed E-state index contributed by atoms with van der Waals surface area (Å²) in [5.74, 6) is -4.94. The Labute approximate surface area is 225 Å². The summed E-state index contributed by atoms with van der Waals surface area (Å²) in [7, 11) is 0. The highest BCUT2D eigenvalue weighted by molar-refractivity contribution is 6.44. The summed E-state index contributed by atoms with van der Waals surface area (Å²) < 4.78 is 44.2. The number of ketones is 2. The molecule has 9 atom stereocenters. The van der Waals surface area contributed by atoms with E-state index in [1.807, 2.05) is 0 Å². The quantitative estimate of drug-likeness (QED) is 0.485. The molecule has 9 unspecified atom stereocenters. The molecule has 4 rings (SSSR count). The predicted octanol–water partition coefficient (Wildman–Crippen LogP) is 4.33. The first-order chi connectivity index (χ1) is 17.6. The van der Waals surface area contributed by atoms with Crippen LogP contribution in [0.15, 0.2) is 22.8 Å². The number of carbonyl (C=O) groups excluding carboxylic acids is 4. The number of ether oxygens (including phenoxy) is 2. The van der Waals surface area contributed by atoms with Gasteiger partial charge in [0.25, 0.3) is 0 Å². The zero-order valence-electron chi connectivity index (χ0n) is 22.3. The Hall–Kier alpha value is -2.13. The van der Waals surface area contributed by atoms with Crippen molar-refractivity contribution >= 4 is 35.1 Å². The average molecular weight is 557 g/mol. The fourth-order valence-corrected chi connectivity index (χ4v) is 8.33. The van der Waals surface area contributed by atoms with Crippen molar-refractivity contribution in [2.75, 3.05) is 6.61 Å². The minimum absolute atomic E-state index is 0.0353. The minimum atomic E-state index is -2.41. The Balaban J connectivity index is 1.85. The van der Waals surface area contributed by atoms with E-state index in [1.165, 1.54) is 13.0 Å². The summed E-state index contributed by atoms with van der Waals surface area (Å²) in [6.45, 7) is 7.32. The van der Waals surface area contributed by atoms with Crippen LogP contribution in [-0.2, 0) is 28.7 Å². The first-order valence-corrected chi connectivity index (χ1v) is 13.6. The molecule has 0 radical (unpaired) electrons. The van der Waals surface area contributed by atoms with E-state index >= 15 is 8.78 Å². The van der Waals surface area contributed by atoms with Crippen LogP contribution in [0.25, 0.3) is 0 Å².